The number of carbonyl (C=O) groups excluding carboxylic acids is 1. The molecule has 0 atom stereocenters. The van der Waals surface area contributed by atoms with Crippen molar-refractivity contribution in [3.63, 3.8) is 0 Å². The summed E-state index contributed by atoms with van der Waals surface area (Å²) < 4.78 is 27.0. The molecule has 0 aliphatic carbocycles. The highest BCUT2D eigenvalue weighted by atomic mass is 35.5. The van der Waals surface area contributed by atoms with E-state index >= 15 is 0 Å². The molecule has 1 aliphatic heterocycles. The number of rotatable bonds is 9. The van der Waals surface area contributed by atoms with Crippen molar-refractivity contribution in [1.82, 2.24) is 9.62 Å². The molecule has 170 valence electrons. The van der Waals surface area contributed by atoms with E-state index in [1.165, 1.54) is 15.7 Å². The van der Waals surface area contributed by atoms with Gasteiger partial charge in [0.2, 0.25) is 0 Å². The number of unbranched alkanes of at least 4 members (excludes halogenated alkanes) is 1. The normalized spacial score (nSPS) is 15.3. The van der Waals surface area contributed by atoms with E-state index in [-0.39, 0.29) is 24.7 Å². The van der Waals surface area contributed by atoms with Gasteiger partial charge in [-0.2, -0.15) is 12.7 Å². The lowest BCUT2D eigenvalue weighted by Crippen LogP contribution is -2.43. The van der Waals surface area contributed by atoms with Crippen molar-refractivity contribution >= 4 is 45.7 Å². The molecule has 0 bridgehead atoms. The minimum absolute atomic E-state index is 0. The third-order valence-electron chi connectivity index (χ3n) is 5.41. The Balaban J connectivity index is 0.00000341. The maximum atomic E-state index is 12.6. The maximum absolute atomic E-state index is 12.6. The van der Waals surface area contributed by atoms with Crippen LogP contribution in [0, 0.1) is 0 Å². The number of fused-ring (bicyclic) bond motifs is 1. The zero-order chi connectivity index (χ0) is 21.7. The van der Waals surface area contributed by atoms with Gasteiger partial charge < -0.3 is 5.32 Å². The van der Waals surface area contributed by atoms with Gasteiger partial charge in [0.1, 0.15) is 0 Å². The van der Waals surface area contributed by atoms with E-state index in [1.807, 2.05) is 30.3 Å². The summed E-state index contributed by atoms with van der Waals surface area (Å²) in [5.41, 5.74) is 3.26. The first-order valence-corrected chi connectivity index (χ1v) is 11.9. The third-order valence-corrected chi connectivity index (χ3v) is 7.58. The molecule has 0 radical (unpaired) electrons. The minimum Gasteiger partial charge on any atom is -0.316 e. The van der Waals surface area contributed by atoms with Gasteiger partial charge in [0, 0.05) is 37.6 Å². The van der Waals surface area contributed by atoms with Gasteiger partial charge in [-0.25, -0.2) is 0 Å². The molecule has 6 nitrogen and oxygen atoms in total. The molecule has 0 aromatic heterocycles. The molecule has 0 spiro atoms. The van der Waals surface area contributed by atoms with Crippen LogP contribution in [-0.4, -0.2) is 45.7 Å². The highest BCUT2D eigenvalue weighted by Gasteiger charge is 2.31. The van der Waals surface area contributed by atoms with Gasteiger partial charge in [-0.15, -0.1) is 12.4 Å². The summed E-state index contributed by atoms with van der Waals surface area (Å²) in [5.74, 6) is 0.0904. The molecule has 9 heteroatoms. The van der Waals surface area contributed by atoms with E-state index in [1.54, 1.807) is 19.2 Å². The second-order valence-electron chi connectivity index (χ2n) is 7.55. The lowest BCUT2D eigenvalue weighted by Gasteiger charge is -2.33. The van der Waals surface area contributed by atoms with E-state index in [4.69, 9.17) is 11.6 Å². The Bertz CT molecular complexity index is 1010. The van der Waals surface area contributed by atoms with Crippen molar-refractivity contribution in [2.45, 2.75) is 32.2 Å². The van der Waals surface area contributed by atoms with Gasteiger partial charge in [0.15, 0.2) is 5.78 Å². The Morgan fingerprint density at radius 3 is 2.58 bits per heavy atom. The van der Waals surface area contributed by atoms with Crippen LogP contribution >= 0.6 is 24.0 Å². The monoisotopic (exact) mass is 485 g/mol. The lowest BCUT2D eigenvalue weighted by atomic mass is 10.0. The van der Waals surface area contributed by atoms with Gasteiger partial charge in [-0.05, 0) is 67.7 Å². The van der Waals surface area contributed by atoms with Crippen LogP contribution in [-0.2, 0) is 23.2 Å². The van der Waals surface area contributed by atoms with Crippen LogP contribution in [0.1, 0.15) is 40.7 Å². The number of nitrogens with zero attached hydrogens (tertiary/aromatic N) is 2. The molecule has 0 fully saturated rings. The molecule has 0 unspecified atom stereocenters. The second-order valence-corrected chi connectivity index (χ2v) is 10.0. The molecular weight excluding hydrogens is 457 g/mol. The summed E-state index contributed by atoms with van der Waals surface area (Å²) in [6, 6.07) is 13.1. The fourth-order valence-corrected chi connectivity index (χ4v) is 4.95. The molecule has 3 rings (SSSR count). The number of nitrogens with one attached hydrogen (secondary N) is 1. The highest BCUT2D eigenvalue weighted by molar-refractivity contribution is 7.90. The van der Waals surface area contributed by atoms with Crippen LogP contribution < -0.4 is 9.62 Å². The number of carbonyl (C=O) groups is 1. The van der Waals surface area contributed by atoms with E-state index in [0.29, 0.717) is 17.7 Å². The number of ketones is 1. The average Bonchev–Trinajstić information content (AvgIpc) is 2.72. The molecule has 2 aromatic rings. The Morgan fingerprint density at radius 2 is 1.84 bits per heavy atom. The summed E-state index contributed by atoms with van der Waals surface area (Å²) in [4.78, 5) is 12.6. The molecule has 2 aromatic carbocycles. The first kappa shape index (κ1) is 25.6. The molecule has 1 N–H and O–H groups in total. The summed E-state index contributed by atoms with van der Waals surface area (Å²) in [5, 5.41) is 4.19. The topological polar surface area (TPSA) is 69.7 Å². The zero-order valence-electron chi connectivity index (χ0n) is 17.8. The van der Waals surface area contributed by atoms with Crippen molar-refractivity contribution in [2.24, 2.45) is 0 Å². The SMILES string of the molecule is CN1Cc2cc(C(=O)CCCCNCCc3ccccc3Cl)ccc2N(C)S1(=O)=O.Cl. The van der Waals surface area contributed by atoms with Crippen LogP contribution in [0.15, 0.2) is 42.5 Å². The second kappa shape index (κ2) is 11.3. The molecule has 0 saturated heterocycles. The molecule has 1 aliphatic rings. The fourth-order valence-electron chi connectivity index (χ4n) is 3.58. The summed E-state index contributed by atoms with van der Waals surface area (Å²) in [6.45, 7) is 1.99. The number of hydrogen-bond donors (Lipinski definition) is 1. The molecular formula is C22H29Cl2N3O3S. The smallest absolute Gasteiger partial charge is 0.303 e. The largest absolute Gasteiger partial charge is 0.316 e. The lowest BCUT2D eigenvalue weighted by molar-refractivity contribution is 0.0979. The zero-order valence-corrected chi connectivity index (χ0v) is 20.2. The average molecular weight is 486 g/mol. The first-order chi connectivity index (χ1) is 14.3. The van der Waals surface area contributed by atoms with Gasteiger partial charge in [0.25, 0.3) is 0 Å². The fraction of sp³-hybridized carbons (Fsp3) is 0.409. The Hall–Kier alpha value is -1.64. The van der Waals surface area contributed by atoms with Gasteiger partial charge >= 0.3 is 10.2 Å². The molecule has 31 heavy (non-hydrogen) atoms. The number of Topliss-reactive ketones (excluding diaryl/α,β-unsaturated/α-hetero) is 1. The van der Waals surface area contributed by atoms with Crippen molar-refractivity contribution < 1.29 is 13.2 Å². The Kier molecular flexibility index (Phi) is 9.33. The Labute approximate surface area is 196 Å². The van der Waals surface area contributed by atoms with Crippen LogP contribution in [0.25, 0.3) is 0 Å². The first-order valence-electron chi connectivity index (χ1n) is 10.1. The van der Waals surface area contributed by atoms with Gasteiger partial charge in [-0.3, -0.25) is 9.10 Å². The van der Waals surface area contributed by atoms with Gasteiger partial charge in [0.05, 0.1) is 5.69 Å². The molecule has 0 amide bonds. The van der Waals surface area contributed by atoms with Gasteiger partial charge in [-0.1, -0.05) is 29.8 Å². The van der Waals surface area contributed by atoms with E-state index in [0.717, 1.165) is 48.5 Å². The Morgan fingerprint density at radius 1 is 1.10 bits per heavy atom. The molecule has 0 saturated carbocycles. The number of benzene rings is 2. The highest BCUT2D eigenvalue weighted by Crippen LogP contribution is 2.31. The third kappa shape index (κ3) is 6.20. The number of anilines is 1. The predicted octanol–water partition coefficient (Wildman–Crippen LogP) is 4.07. The number of halogens is 2. The van der Waals surface area contributed by atoms with Crippen molar-refractivity contribution in [3.8, 4) is 0 Å². The van der Waals surface area contributed by atoms with Crippen LogP contribution in [0.2, 0.25) is 5.02 Å². The van der Waals surface area contributed by atoms with E-state index in [9.17, 15) is 13.2 Å². The quantitative estimate of drug-likeness (QED) is 0.429. The van der Waals surface area contributed by atoms with Crippen molar-refractivity contribution in [2.75, 3.05) is 31.5 Å². The van der Waals surface area contributed by atoms with Crippen molar-refractivity contribution in [3.05, 3.63) is 64.2 Å². The van der Waals surface area contributed by atoms with Crippen LogP contribution in [0.3, 0.4) is 0 Å². The maximum Gasteiger partial charge on any atom is 0.303 e. The summed E-state index contributed by atoms with van der Waals surface area (Å²) in [7, 11) is -0.389. The predicted molar refractivity (Wildman–Crippen MR) is 129 cm³/mol. The summed E-state index contributed by atoms with van der Waals surface area (Å²) >= 11 is 6.15. The molecule has 1 heterocycles. The number of hydrogen-bond acceptors (Lipinski definition) is 4. The standard InChI is InChI=1S/C22H28ClN3O3S.ClH/c1-25-16-19-15-18(10-11-21(19)26(2)30(25,28)29)22(27)9-5-6-13-24-14-12-17-7-3-4-8-20(17)23;/h3-4,7-8,10-11,15,24H,5-6,9,12-14,16H2,1-2H3;1H. The van der Waals surface area contributed by atoms with Crippen molar-refractivity contribution in [1.29, 1.82) is 0 Å². The summed E-state index contributed by atoms with van der Waals surface area (Å²) in [6.07, 6.45) is 3.09. The van der Waals surface area contributed by atoms with E-state index < -0.39 is 10.2 Å². The van der Waals surface area contributed by atoms with Crippen LogP contribution in [0.5, 0.6) is 0 Å². The van der Waals surface area contributed by atoms with E-state index in [2.05, 4.69) is 5.32 Å². The van der Waals surface area contributed by atoms with Crippen LogP contribution in [0.4, 0.5) is 5.69 Å². The minimum atomic E-state index is -3.46.